The van der Waals surface area contributed by atoms with E-state index in [1.807, 2.05) is 24.3 Å². The van der Waals surface area contributed by atoms with E-state index in [4.69, 9.17) is 16.3 Å². The molecule has 130 valence electrons. The Hall–Kier alpha value is -3.25. The standard InChI is InChI=1S/C19H15ClN4O2/c1-26-16-8-4-14(5-9-16)17-11-21-12-18(23-17)19(25)24-22-10-13-2-6-15(20)7-3-13/h2-12H,1H3,(H,24,25). The van der Waals surface area contributed by atoms with Crippen LogP contribution in [0.5, 0.6) is 5.75 Å². The number of rotatable bonds is 5. The zero-order valence-electron chi connectivity index (χ0n) is 13.9. The summed E-state index contributed by atoms with van der Waals surface area (Å²) < 4.78 is 5.13. The van der Waals surface area contributed by atoms with Crippen molar-refractivity contribution >= 4 is 23.7 Å². The SMILES string of the molecule is COc1ccc(-c2cncc(C(=O)NN=Cc3ccc(Cl)cc3)n2)cc1. The van der Waals surface area contributed by atoms with Crippen LogP contribution in [0.15, 0.2) is 66.0 Å². The third kappa shape index (κ3) is 4.43. The minimum absolute atomic E-state index is 0.173. The highest BCUT2D eigenvalue weighted by Crippen LogP contribution is 2.20. The van der Waals surface area contributed by atoms with Crippen molar-refractivity contribution in [3.63, 3.8) is 0 Å². The molecule has 0 saturated heterocycles. The predicted octanol–water partition coefficient (Wildman–Crippen LogP) is 3.57. The lowest BCUT2D eigenvalue weighted by atomic mass is 10.1. The van der Waals surface area contributed by atoms with Crippen molar-refractivity contribution in [2.75, 3.05) is 7.11 Å². The number of carbonyl (C=O) groups excluding carboxylic acids is 1. The summed E-state index contributed by atoms with van der Waals surface area (Å²) in [4.78, 5) is 20.6. The highest BCUT2D eigenvalue weighted by molar-refractivity contribution is 6.30. The van der Waals surface area contributed by atoms with Gasteiger partial charge in [-0.2, -0.15) is 5.10 Å². The normalized spacial score (nSPS) is 10.7. The van der Waals surface area contributed by atoms with E-state index in [-0.39, 0.29) is 5.69 Å². The summed E-state index contributed by atoms with van der Waals surface area (Å²) >= 11 is 5.82. The molecule has 1 heterocycles. The Labute approximate surface area is 155 Å². The number of hydrogen-bond donors (Lipinski definition) is 1. The fraction of sp³-hybridized carbons (Fsp3) is 0.0526. The van der Waals surface area contributed by atoms with Gasteiger partial charge < -0.3 is 4.74 Å². The van der Waals surface area contributed by atoms with Gasteiger partial charge in [0, 0.05) is 10.6 Å². The monoisotopic (exact) mass is 366 g/mol. The summed E-state index contributed by atoms with van der Waals surface area (Å²) in [5, 5.41) is 4.56. The molecule has 26 heavy (non-hydrogen) atoms. The maximum atomic E-state index is 12.2. The van der Waals surface area contributed by atoms with Crippen LogP contribution in [0, 0.1) is 0 Å². The van der Waals surface area contributed by atoms with Crippen molar-refractivity contribution in [3.05, 3.63) is 77.2 Å². The number of aromatic nitrogens is 2. The Morgan fingerprint density at radius 3 is 2.54 bits per heavy atom. The topological polar surface area (TPSA) is 76.5 Å². The van der Waals surface area contributed by atoms with E-state index in [0.717, 1.165) is 16.9 Å². The second kappa shape index (κ2) is 8.22. The number of benzene rings is 2. The van der Waals surface area contributed by atoms with Crippen LogP contribution in [0.3, 0.4) is 0 Å². The molecule has 7 heteroatoms. The largest absolute Gasteiger partial charge is 0.497 e. The van der Waals surface area contributed by atoms with Gasteiger partial charge in [0.05, 0.1) is 31.4 Å². The highest BCUT2D eigenvalue weighted by Gasteiger charge is 2.09. The first kappa shape index (κ1) is 17.6. The summed E-state index contributed by atoms with van der Waals surface area (Å²) in [6.45, 7) is 0. The van der Waals surface area contributed by atoms with Crippen LogP contribution < -0.4 is 10.2 Å². The van der Waals surface area contributed by atoms with Crippen molar-refractivity contribution in [2.24, 2.45) is 5.10 Å². The van der Waals surface area contributed by atoms with Gasteiger partial charge in [0.15, 0.2) is 0 Å². The maximum absolute atomic E-state index is 12.2. The van der Waals surface area contributed by atoms with Crippen LogP contribution in [0.2, 0.25) is 5.02 Å². The number of ether oxygens (including phenoxy) is 1. The van der Waals surface area contributed by atoms with Gasteiger partial charge >= 0.3 is 0 Å². The molecule has 0 aliphatic rings. The van der Waals surface area contributed by atoms with Crippen LogP contribution >= 0.6 is 11.6 Å². The molecule has 1 aromatic heterocycles. The molecule has 3 rings (SSSR count). The average molecular weight is 367 g/mol. The number of carbonyl (C=O) groups is 1. The Balaban J connectivity index is 1.70. The van der Waals surface area contributed by atoms with E-state index in [1.165, 1.54) is 12.4 Å². The predicted molar refractivity (Wildman–Crippen MR) is 101 cm³/mol. The van der Waals surface area contributed by atoms with Crippen LogP contribution in [0.4, 0.5) is 0 Å². The van der Waals surface area contributed by atoms with E-state index in [0.29, 0.717) is 10.7 Å². The van der Waals surface area contributed by atoms with E-state index in [9.17, 15) is 4.79 Å². The van der Waals surface area contributed by atoms with Gasteiger partial charge in [-0.3, -0.25) is 9.78 Å². The molecule has 0 radical (unpaired) electrons. The minimum atomic E-state index is -0.446. The fourth-order valence-corrected chi connectivity index (χ4v) is 2.27. The molecular formula is C19H15ClN4O2. The number of methoxy groups -OCH3 is 1. The summed E-state index contributed by atoms with van der Waals surface area (Å²) in [5.74, 6) is 0.296. The zero-order chi connectivity index (χ0) is 18.4. The number of amides is 1. The summed E-state index contributed by atoms with van der Waals surface area (Å²) in [5.41, 5.74) is 4.84. The first-order chi connectivity index (χ1) is 12.7. The number of nitrogens with one attached hydrogen (secondary N) is 1. The van der Waals surface area contributed by atoms with Crippen molar-refractivity contribution in [1.82, 2.24) is 15.4 Å². The van der Waals surface area contributed by atoms with Gasteiger partial charge in [-0.05, 0) is 42.0 Å². The molecular weight excluding hydrogens is 352 g/mol. The van der Waals surface area contributed by atoms with E-state index in [1.54, 1.807) is 37.6 Å². The van der Waals surface area contributed by atoms with Crippen LogP contribution in [0.25, 0.3) is 11.3 Å². The Morgan fingerprint density at radius 1 is 1.12 bits per heavy atom. The van der Waals surface area contributed by atoms with Gasteiger partial charge in [-0.1, -0.05) is 23.7 Å². The molecule has 0 aliphatic carbocycles. The number of nitrogens with zero attached hydrogens (tertiary/aromatic N) is 3. The second-order valence-electron chi connectivity index (χ2n) is 5.27. The molecule has 1 N–H and O–H groups in total. The van der Waals surface area contributed by atoms with Crippen LogP contribution in [-0.4, -0.2) is 29.2 Å². The molecule has 0 bridgehead atoms. The lowest BCUT2D eigenvalue weighted by Crippen LogP contribution is -2.19. The average Bonchev–Trinajstić information content (AvgIpc) is 2.69. The number of halogens is 1. The molecule has 0 atom stereocenters. The third-order valence-corrected chi connectivity index (χ3v) is 3.75. The molecule has 0 unspecified atom stereocenters. The number of hydrogen-bond acceptors (Lipinski definition) is 5. The lowest BCUT2D eigenvalue weighted by Gasteiger charge is -2.04. The highest BCUT2D eigenvalue weighted by atomic mass is 35.5. The van der Waals surface area contributed by atoms with Gasteiger partial charge in [0.25, 0.3) is 5.91 Å². The van der Waals surface area contributed by atoms with Gasteiger partial charge in [-0.15, -0.1) is 0 Å². The Morgan fingerprint density at radius 2 is 1.85 bits per heavy atom. The first-order valence-electron chi connectivity index (χ1n) is 7.71. The molecule has 1 amide bonds. The maximum Gasteiger partial charge on any atom is 0.291 e. The minimum Gasteiger partial charge on any atom is -0.497 e. The van der Waals surface area contributed by atoms with E-state index >= 15 is 0 Å². The zero-order valence-corrected chi connectivity index (χ0v) is 14.6. The molecule has 3 aromatic rings. The fourth-order valence-electron chi connectivity index (χ4n) is 2.15. The van der Waals surface area contributed by atoms with E-state index < -0.39 is 5.91 Å². The van der Waals surface area contributed by atoms with Gasteiger partial charge in [0.1, 0.15) is 11.4 Å². The molecule has 2 aromatic carbocycles. The molecule has 6 nitrogen and oxygen atoms in total. The summed E-state index contributed by atoms with van der Waals surface area (Å²) in [6.07, 6.45) is 4.50. The Kier molecular flexibility index (Phi) is 5.56. The first-order valence-corrected chi connectivity index (χ1v) is 8.09. The quantitative estimate of drug-likeness (QED) is 0.553. The van der Waals surface area contributed by atoms with Crippen LogP contribution in [-0.2, 0) is 0 Å². The molecule has 0 saturated carbocycles. The lowest BCUT2D eigenvalue weighted by molar-refractivity contribution is 0.0950. The summed E-state index contributed by atoms with van der Waals surface area (Å²) in [6, 6.07) is 14.4. The van der Waals surface area contributed by atoms with Crippen molar-refractivity contribution in [3.8, 4) is 17.0 Å². The van der Waals surface area contributed by atoms with Crippen molar-refractivity contribution < 1.29 is 9.53 Å². The summed E-state index contributed by atoms with van der Waals surface area (Å²) in [7, 11) is 1.60. The van der Waals surface area contributed by atoms with Crippen molar-refractivity contribution in [2.45, 2.75) is 0 Å². The van der Waals surface area contributed by atoms with Gasteiger partial charge in [-0.25, -0.2) is 10.4 Å². The Bertz CT molecular complexity index is 925. The van der Waals surface area contributed by atoms with Gasteiger partial charge in [0.2, 0.25) is 0 Å². The van der Waals surface area contributed by atoms with Crippen molar-refractivity contribution in [1.29, 1.82) is 0 Å². The number of hydrazone groups is 1. The second-order valence-corrected chi connectivity index (χ2v) is 5.71. The molecule has 0 spiro atoms. The molecule has 0 fully saturated rings. The van der Waals surface area contributed by atoms with E-state index in [2.05, 4.69) is 20.5 Å². The smallest absolute Gasteiger partial charge is 0.291 e. The molecule has 0 aliphatic heterocycles. The van der Waals surface area contributed by atoms with Crippen LogP contribution in [0.1, 0.15) is 16.1 Å². The third-order valence-electron chi connectivity index (χ3n) is 3.50.